The third kappa shape index (κ3) is 4.61. The van der Waals surface area contributed by atoms with Crippen molar-refractivity contribution in [2.75, 3.05) is 31.8 Å². The normalized spacial score (nSPS) is 10.5. The van der Waals surface area contributed by atoms with Crippen molar-refractivity contribution in [1.82, 2.24) is 10.2 Å². The van der Waals surface area contributed by atoms with E-state index in [1.54, 1.807) is 0 Å². The summed E-state index contributed by atoms with van der Waals surface area (Å²) >= 11 is 3.79. The molecule has 0 atom stereocenters. The summed E-state index contributed by atoms with van der Waals surface area (Å²) in [6, 6.07) is 0. The molecule has 0 aliphatic carbocycles. The largest absolute Gasteiger partial charge is 0.465 e. The lowest BCUT2D eigenvalue weighted by molar-refractivity contribution is 0.0601. The zero-order chi connectivity index (χ0) is 18.4. The van der Waals surface area contributed by atoms with Gasteiger partial charge in [0.1, 0.15) is 9.88 Å². The topological polar surface area (TPSA) is 116 Å². The second-order valence-electron chi connectivity index (χ2n) is 4.72. The Morgan fingerprint density at radius 3 is 2.56 bits per heavy atom. The molecule has 0 fully saturated rings. The van der Waals surface area contributed by atoms with Gasteiger partial charge in [0, 0.05) is 17.9 Å². The lowest BCUT2D eigenvalue weighted by Crippen LogP contribution is -2.08. The number of nitrogens with two attached hydrogens (primary N) is 1. The first-order chi connectivity index (χ1) is 12.0. The van der Waals surface area contributed by atoms with Crippen LogP contribution in [0.5, 0.6) is 0 Å². The fourth-order valence-corrected chi connectivity index (χ4v) is 4.80. The number of anilines is 2. The van der Waals surface area contributed by atoms with E-state index < -0.39 is 11.9 Å². The van der Waals surface area contributed by atoms with Gasteiger partial charge in [-0.3, -0.25) is 0 Å². The van der Waals surface area contributed by atoms with Gasteiger partial charge >= 0.3 is 11.9 Å². The van der Waals surface area contributed by atoms with E-state index in [0.717, 1.165) is 33.8 Å². The van der Waals surface area contributed by atoms with E-state index in [1.165, 1.54) is 37.3 Å². The molecule has 2 rings (SSSR count). The highest BCUT2D eigenvalue weighted by molar-refractivity contribution is 8.00. The second-order valence-corrected chi connectivity index (χ2v) is 7.97. The number of esters is 2. The Bertz CT molecular complexity index is 759. The molecular formula is C14H18N4O4S3. The Hall–Kier alpha value is -1.85. The zero-order valence-corrected chi connectivity index (χ0v) is 16.4. The van der Waals surface area contributed by atoms with Crippen molar-refractivity contribution < 1.29 is 19.1 Å². The third-order valence-electron chi connectivity index (χ3n) is 3.07. The van der Waals surface area contributed by atoms with Gasteiger partial charge in [-0.2, -0.15) is 0 Å². The lowest BCUT2D eigenvalue weighted by atomic mass is 10.1. The van der Waals surface area contributed by atoms with E-state index in [1.807, 2.05) is 0 Å². The van der Waals surface area contributed by atoms with Crippen LogP contribution >= 0.6 is 34.4 Å². The molecule has 0 aliphatic heterocycles. The summed E-state index contributed by atoms with van der Waals surface area (Å²) in [7, 11) is 2.55. The van der Waals surface area contributed by atoms with Crippen LogP contribution in [0.1, 0.15) is 38.9 Å². The van der Waals surface area contributed by atoms with Crippen molar-refractivity contribution in [1.29, 1.82) is 0 Å². The molecule has 0 spiro atoms. The molecule has 0 bridgehead atoms. The van der Waals surface area contributed by atoms with Gasteiger partial charge in [-0.15, -0.1) is 21.5 Å². The molecule has 8 nitrogen and oxygen atoms in total. The van der Waals surface area contributed by atoms with Crippen molar-refractivity contribution in [2.45, 2.75) is 23.4 Å². The number of carbonyl (C=O) groups is 2. The lowest BCUT2D eigenvalue weighted by Gasteiger charge is -2.04. The average molecular weight is 403 g/mol. The smallest absolute Gasteiger partial charge is 0.348 e. The number of hydrogen-bond acceptors (Lipinski definition) is 11. The third-order valence-corrected chi connectivity index (χ3v) is 6.15. The number of nitrogens with one attached hydrogen (secondary N) is 1. The first-order valence-corrected chi connectivity index (χ1v) is 9.91. The van der Waals surface area contributed by atoms with Crippen LogP contribution in [0.4, 0.5) is 10.1 Å². The number of nitrogens with zero attached hydrogens (tertiary/aromatic N) is 2. The molecule has 0 aliphatic rings. The Labute approximate surface area is 157 Å². The molecule has 2 aromatic rings. The standard InChI is InChI=1S/C14H18N4O4S3/c1-4-5-16-13-17-18-14(25-13)23-6-7-8(11(19)21-2)10(15)24-9(7)12(20)22-3/h4-6,15H2,1-3H3,(H,16,17). The Kier molecular flexibility index (Phi) is 7.02. The van der Waals surface area contributed by atoms with Gasteiger partial charge < -0.3 is 20.5 Å². The molecule has 2 aromatic heterocycles. The minimum Gasteiger partial charge on any atom is -0.465 e. The molecule has 136 valence electrons. The number of hydrogen-bond donors (Lipinski definition) is 2. The average Bonchev–Trinajstić information content (AvgIpc) is 3.20. The monoisotopic (exact) mass is 402 g/mol. The molecule has 0 saturated heterocycles. The van der Waals surface area contributed by atoms with Gasteiger partial charge in [-0.05, 0) is 6.42 Å². The molecular weight excluding hydrogens is 384 g/mol. The zero-order valence-electron chi connectivity index (χ0n) is 14.0. The van der Waals surface area contributed by atoms with E-state index in [9.17, 15) is 9.59 Å². The van der Waals surface area contributed by atoms with Gasteiger partial charge in [0.15, 0.2) is 4.34 Å². The van der Waals surface area contributed by atoms with Crippen LogP contribution in [0.15, 0.2) is 4.34 Å². The van der Waals surface area contributed by atoms with Gasteiger partial charge in [-0.25, -0.2) is 9.59 Å². The summed E-state index contributed by atoms with van der Waals surface area (Å²) in [4.78, 5) is 24.3. The summed E-state index contributed by atoms with van der Waals surface area (Å²) in [5, 5.41) is 12.3. The summed E-state index contributed by atoms with van der Waals surface area (Å²) in [5.74, 6) is -0.794. The maximum absolute atomic E-state index is 12.0. The van der Waals surface area contributed by atoms with E-state index in [-0.39, 0.29) is 10.6 Å². The molecule has 0 saturated carbocycles. The summed E-state index contributed by atoms with van der Waals surface area (Å²) in [6.07, 6.45) is 0.987. The van der Waals surface area contributed by atoms with Gasteiger partial charge in [0.25, 0.3) is 0 Å². The molecule has 0 amide bonds. The molecule has 0 unspecified atom stereocenters. The van der Waals surface area contributed by atoms with Gasteiger partial charge in [0.2, 0.25) is 5.13 Å². The molecule has 3 N–H and O–H groups in total. The minimum absolute atomic E-state index is 0.203. The van der Waals surface area contributed by atoms with Crippen molar-refractivity contribution >= 4 is 56.5 Å². The van der Waals surface area contributed by atoms with E-state index in [4.69, 9.17) is 15.2 Å². The van der Waals surface area contributed by atoms with E-state index in [0.29, 0.717) is 16.2 Å². The van der Waals surface area contributed by atoms with Gasteiger partial charge in [-0.1, -0.05) is 30.0 Å². The fourth-order valence-electron chi connectivity index (χ4n) is 1.91. The Morgan fingerprint density at radius 2 is 1.92 bits per heavy atom. The number of carbonyl (C=O) groups excluding carboxylic acids is 2. The van der Waals surface area contributed by atoms with Crippen molar-refractivity contribution in [3.8, 4) is 0 Å². The molecule has 0 aromatic carbocycles. The number of thioether (sulfide) groups is 1. The second kappa shape index (κ2) is 9.02. The first-order valence-electron chi connectivity index (χ1n) is 7.29. The van der Waals surface area contributed by atoms with Crippen LogP contribution < -0.4 is 11.1 Å². The quantitative estimate of drug-likeness (QED) is 0.508. The summed E-state index contributed by atoms with van der Waals surface area (Å²) in [6.45, 7) is 2.88. The fraction of sp³-hybridized carbons (Fsp3) is 0.429. The van der Waals surface area contributed by atoms with Gasteiger partial charge in [0.05, 0.1) is 19.8 Å². The Balaban J connectivity index is 2.23. The molecule has 0 radical (unpaired) electrons. The van der Waals surface area contributed by atoms with E-state index >= 15 is 0 Å². The highest BCUT2D eigenvalue weighted by Crippen LogP contribution is 2.37. The van der Waals surface area contributed by atoms with Crippen LogP contribution in [-0.4, -0.2) is 42.9 Å². The number of methoxy groups -OCH3 is 2. The predicted octanol–water partition coefficient (Wildman–Crippen LogP) is 2.87. The van der Waals surface area contributed by atoms with Crippen LogP contribution in [-0.2, 0) is 15.2 Å². The predicted molar refractivity (Wildman–Crippen MR) is 99.7 cm³/mol. The number of thiophene rings is 1. The van der Waals surface area contributed by atoms with Crippen LogP contribution in [0, 0.1) is 0 Å². The molecule has 11 heteroatoms. The maximum Gasteiger partial charge on any atom is 0.348 e. The highest BCUT2D eigenvalue weighted by Gasteiger charge is 2.27. The minimum atomic E-state index is -0.581. The number of aromatic nitrogens is 2. The highest BCUT2D eigenvalue weighted by atomic mass is 32.2. The van der Waals surface area contributed by atoms with Crippen LogP contribution in [0.2, 0.25) is 0 Å². The number of nitrogen functional groups attached to an aromatic ring is 1. The van der Waals surface area contributed by atoms with Crippen LogP contribution in [0.3, 0.4) is 0 Å². The summed E-state index contributed by atoms with van der Waals surface area (Å²) < 4.78 is 10.3. The number of rotatable bonds is 8. The van der Waals surface area contributed by atoms with E-state index in [2.05, 4.69) is 22.4 Å². The van der Waals surface area contributed by atoms with Crippen molar-refractivity contribution in [3.63, 3.8) is 0 Å². The number of ether oxygens (including phenoxy) is 2. The van der Waals surface area contributed by atoms with Crippen molar-refractivity contribution in [2.24, 2.45) is 0 Å². The maximum atomic E-state index is 12.0. The SMILES string of the molecule is CCCNc1nnc(SCc2c(C(=O)OC)sc(N)c2C(=O)OC)s1. The Morgan fingerprint density at radius 1 is 1.20 bits per heavy atom. The molecule has 25 heavy (non-hydrogen) atoms. The first kappa shape index (κ1) is 19.5. The van der Waals surface area contributed by atoms with Crippen LogP contribution in [0.25, 0.3) is 0 Å². The summed E-state index contributed by atoms with van der Waals surface area (Å²) in [5.41, 5.74) is 6.60. The van der Waals surface area contributed by atoms with Crippen molar-refractivity contribution in [3.05, 3.63) is 16.0 Å². The molecule has 2 heterocycles.